The van der Waals surface area contributed by atoms with Gasteiger partial charge in [0.15, 0.2) is 11.5 Å². The number of benzene rings is 1. The second-order valence-corrected chi connectivity index (χ2v) is 7.28. The molecule has 0 saturated carbocycles. The van der Waals surface area contributed by atoms with Crippen LogP contribution in [0.25, 0.3) is 5.57 Å². The first-order chi connectivity index (χ1) is 11.4. The average Bonchev–Trinajstić information content (AvgIpc) is 3.10. The molecule has 1 aliphatic carbocycles. The van der Waals surface area contributed by atoms with Crippen LogP contribution in [-0.4, -0.2) is 47.1 Å². The van der Waals surface area contributed by atoms with Gasteiger partial charge in [-0.2, -0.15) is 0 Å². The van der Waals surface area contributed by atoms with Crippen molar-refractivity contribution in [2.75, 3.05) is 6.79 Å². The van der Waals surface area contributed by atoms with E-state index in [2.05, 4.69) is 5.32 Å². The van der Waals surface area contributed by atoms with Crippen LogP contribution in [0.5, 0.6) is 11.5 Å². The highest BCUT2D eigenvalue weighted by Crippen LogP contribution is 2.57. The summed E-state index contributed by atoms with van der Waals surface area (Å²) in [6, 6.07) is 2.53. The molecule has 3 heterocycles. The number of aliphatic hydroxyl groups excluding tert-OH is 1. The van der Waals surface area contributed by atoms with Gasteiger partial charge in [-0.25, -0.2) is 4.57 Å². The van der Waals surface area contributed by atoms with E-state index in [0.717, 1.165) is 0 Å². The molecule has 0 radical (unpaired) electrons. The molecule has 24 heavy (non-hydrogen) atoms. The molecule has 1 fully saturated rings. The lowest BCUT2D eigenvalue weighted by molar-refractivity contribution is 0.0296. The van der Waals surface area contributed by atoms with Gasteiger partial charge in [0.05, 0.1) is 11.6 Å². The summed E-state index contributed by atoms with van der Waals surface area (Å²) in [5, 5.41) is 13.0. The van der Waals surface area contributed by atoms with E-state index in [9.17, 15) is 19.4 Å². The number of hydrogen-bond donors (Lipinski definition) is 3. The molecule has 4 aliphatic rings. The van der Waals surface area contributed by atoms with Crippen LogP contribution >= 0.6 is 7.82 Å². The third kappa shape index (κ3) is 1.90. The van der Waals surface area contributed by atoms with Crippen molar-refractivity contribution in [2.45, 2.75) is 24.4 Å². The molecule has 10 heteroatoms. The smallest absolute Gasteiger partial charge is 0.454 e. The second-order valence-electron chi connectivity index (χ2n) is 5.92. The van der Waals surface area contributed by atoms with Crippen LogP contribution in [0.15, 0.2) is 18.2 Å². The van der Waals surface area contributed by atoms with Crippen molar-refractivity contribution >= 4 is 19.3 Å². The average molecular weight is 353 g/mol. The minimum atomic E-state index is -4.26. The molecule has 3 N–H and O–H groups in total. The highest BCUT2D eigenvalue weighted by molar-refractivity contribution is 7.47. The number of phosphoric ester groups is 1. The van der Waals surface area contributed by atoms with Crippen LogP contribution in [-0.2, 0) is 13.6 Å². The first-order valence-corrected chi connectivity index (χ1v) is 8.77. The van der Waals surface area contributed by atoms with Gasteiger partial charge in [-0.15, -0.1) is 0 Å². The SMILES string of the molecule is O=C1N[C@@H]2C(=C[C@H](O)[C@H]3OP(=O)(O)O[C@H]32)c2cc3c(cc21)OCO3. The normalized spacial score (nSPS) is 38.8. The monoisotopic (exact) mass is 353 g/mol. The number of amides is 1. The van der Waals surface area contributed by atoms with Crippen LogP contribution in [0.4, 0.5) is 0 Å². The molecule has 1 unspecified atom stereocenters. The summed E-state index contributed by atoms with van der Waals surface area (Å²) < 4.78 is 32.3. The Morgan fingerprint density at radius 2 is 1.79 bits per heavy atom. The zero-order valence-electron chi connectivity index (χ0n) is 12.0. The Labute approximate surface area is 135 Å². The topological polar surface area (TPSA) is 124 Å². The van der Waals surface area contributed by atoms with E-state index in [-0.39, 0.29) is 12.7 Å². The van der Waals surface area contributed by atoms with Crippen LogP contribution < -0.4 is 14.8 Å². The van der Waals surface area contributed by atoms with E-state index in [1.165, 1.54) is 6.08 Å². The lowest BCUT2D eigenvalue weighted by atomic mass is 9.79. The third-order valence-electron chi connectivity index (χ3n) is 4.54. The first kappa shape index (κ1) is 14.4. The summed E-state index contributed by atoms with van der Waals surface area (Å²) >= 11 is 0. The minimum Gasteiger partial charge on any atom is -0.454 e. The number of carbonyl (C=O) groups is 1. The summed E-state index contributed by atoms with van der Waals surface area (Å²) in [5.74, 6) is 0.595. The van der Waals surface area contributed by atoms with Crippen LogP contribution in [0.1, 0.15) is 15.9 Å². The van der Waals surface area contributed by atoms with Gasteiger partial charge in [0.1, 0.15) is 18.3 Å². The third-order valence-corrected chi connectivity index (χ3v) is 5.56. The van der Waals surface area contributed by atoms with Gasteiger partial charge in [0.25, 0.3) is 5.91 Å². The van der Waals surface area contributed by atoms with Gasteiger partial charge in [0.2, 0.25) is 6.79 Å². The zero-order valence-corrected chi connectivity index (χ0v) is 12.9. The molecule has 5 rings (SSSR count). The number of aliphatic hydroxyl groups is 1. The van der Waals surface area contributed by atoms with E-state index < -0.39 is 32.2 Å². The second kappa shape index (κ2) is 4.59. The predicted octanol–water partition coefficient (Wildman–Crippen LogP) is 0.170. The summed E-state index contributed by atoms with van der Waals surface area (Å²) in [6.07, 6.45) is -1.62. The Balaban J connectivity index is 1.65. The lowest BCUT2D eigenvalue weighted by Crippen LogP contribution is -2.55. The highest BCUT2D eigenvalue weighted by Gasteiger charge is 2.55. The molecule has 1 aromatic rings. The van der Waals surface area contributed by atoms with Crippen molar-refractivity contribution in [1.82, 2.24) is 5.32 Å². The maximum absolute atomic E-state index is 12.4. The first-order valence-electron chi connectivity index (χ1n) is 7.27. The van der Waals surface area contributed by atoms with E-state index >= 15 is 0 Å². The Morgan fingerprint density at radius 1 is 1.12 bits per heavy atom. The van der Waals surface area contributed by atoms with Crippen molar-refractivity contribution in [1.29, 1.82) is 0 Å². The van der Waals surface area contributed by atoms with Gasteiger partial charge in [-0.05, 0) is 29.3 Å². The number of nitrogens with one attached hydrogen (secondary N) is 1. The van der Waals surface area contributed by atoms with Crippen molar-refractivity contribution in [3.8, 4) is 11.5 Å². The Morgan fingerprint density at radius 3 is 2.54 bits per heavy atom. The molecule has 0 aromatic heterocycles. The molecule has 5 atom stereocenters. The minimum absolute atomic E-state index is 0.0697. The molecule has 1 aromatic carbocycles. The van der Waals surface area contributed by atoms with Gasteiger partial charge < -0.3 is 24.8 Å². The summed E-state index contributed by atoms with van der Waals surface area (Å²) in [7, 11) is -4.26. The van der Waals surface area contributed by atoms with Crippen LogP contribution in [0.3, 0.4) is 0 Å². The zero-order chi connectivity index (χ0) is 16.6. The maximum atomic E-state index is 12.4. The van der Waals surface area contributed by atoms with Gasteiger partial charge in [0, 0.05) is 0 Å². The Kier molecular flexibility index (Phi) is 2.76. The summed E-state index contributed by atoms with van der Waals surface area (Å²) in [5.41, 5.74) is 1.52. The van der Waals surface area contributed by atoms with Crippen LogP contribution in [0, 0.1) is 0 Å². The Bertz CT molecular complexity index is 851. The van der Waals surface area contributed by atoms with Crippen LogP contribution in [0.2, 0.25) is 0 Å². The van der Waals surface area contributed by atoms with E-state index in [1.807, 2.05) is 0 Å². The van der Waals surface area contributed by atoms with Crippen molar-refractivity contribution in [3.05, 3.63) is 29.3 Å². The van der Waals surface area contributed by atoms with Crippen molar-refractivity contribution < 1.29 is 37.9 Å². The number of rotatable bonds is 0. The fraction of sp³-hybridized carbons (Fsp3) is 0.357. The number of phosphoric acid groups is 1. The summed E-state index contributed by atoms with van der Waals surface area (Å²) in [6.45, 7) is 0.0697. The molecule has 1 amide bonds. The predicted molar refractivity (Wildman–Crippen MR) is 77.4 cm³/mol. The number of fused-ring (bicyclic) bond motifs is 6. The molecule has 126 valence electrons. The molecule has 0 bridgehead atoms. The fourth-order valence-electron chi connectivity index (χ4n) is 3.52. The van der Waals surface area contributed by atoms with Crippen molar-refractivity contribution in [2.24, 2.45) is 0 Å². The van der Waals surface area contributed by atoms with E-state index in [4.69, 9.17) is 18.5 Å². The quantitative estimate of drug-likeness (QED) is 0.564. The lowest BCUT2D eigenvalue weighted by Gasteiger charge is -2.38. The Hall–Kier alpha value is -1.90. The molecular formula is C14H12NO8P. The van der Waals surface area contributed by atoms with Gasteiger partial charge >= 0.3 is 7.82 Å². The van der Waals surface area contributed by atoms with Gasteiger partial charge in [-0.1, -0.05) is 0 Å². The standard InChI is InChI=1S/C14H12NO8P/c16-8-1-6-5-2-9-10(21-4-20-9)3-7(5)14(17)15-11(6)13-12(8)22-24(18,19)23-13/h1-3,8,11-13,16H,4H2,(H,15,17)(H,18,19)/t8-,11+,12+,13-/m0/s1. The number of hydrogen-bond acceptors (Lipinski definition) is 7. The van der Waals surface area contributed by atoms with Gasteiger partial charge in [-0.3, -0.25) is 13.8 Å². The maximum Gasteiger partial charge on any atom is 0.473 e. The summed E-state index contributed by atoms with van der Waals surface area (Å²) in [4.78, 5) is 22.0. The largest absolute Gasteiger partial charge is 0.473 e. The molecule has 9 nitrogen and oxygen atoms in total. The molecule has 3 aliphatic heterocycles. The molecule has 1 saturated heterocycles. The molecular weight excluding hydrogens is 341 g/mol. The molecule has 0 spiro atoms. The van der Waals surface area contributed by atoms with Crippen molar-refractivity contribution in [3.63, 3.8) is 0 Å². The number of carbonyl (C=O) groups excluding carboxylic acids is 1. The number of ether oxygens (including phenoxy) is 2. The van der Waals surface area contributed by atoms with E-state index in [1.54, 1.807) is 12.1 Å². The fourth-order valence-corrected chi connectivity index (χ4v) is 4.68. The van der Waals surface area contributed by atoms with E-state index in [0.29, 0.717) is 28.2 Å². The highest BCUT2D eigenvalue weighted by atomic mass is 31.2.